The lowest BCUT2D eigenvalue weighted by molar-refractivity contribution is 0.0192. The summed E-state index contributed by atoms with van der Waals surface area (Å²) in [6.07, 6.45) is -1.24. The predicted molar refractivity (Wildman–Crippen MR) is 134 cm³/mol. The highest BCUT2D eigenvalue weighted by molar-refractivity contribution is 7.21. The molecule has 8 nitrogen and oxygen atoms in total. The fraction of sp³-hybridized carbons (Fsp3) is 0.348. The van der Waals surface area contributed by atoms with Crippen molar-refractivity contribution < 1.29 is 10.2 Å². The number of aromatic nitrogens is 3. The molecule has 0 saturated heterocycles. The van der Waals surface area contributed by atoms with Crippen molar-refractivity contribution in [2.45, 2.75) is 38.1 Å². The van der Waals surface area contributed by atoms with E-state index in [1.165, 1.54) is 4.88 Å². The van der Waals surface area contributed by atoms with Crippen LogP contribution in [0.5, 0.6) is 0 Å². The molecule has 3 heterocycles. The summed E-state index contributed by atoms with van der Waals surface area (Å²) in [5.41, 5.74) is 8.30. The molecule has 10 heteroatoms. The third-order valence-corrected chi connectivity index (χ3v) is 7.96. The van der Waals surface area contributed by atoms with Crippen molar-refractivity contribution in [1.29, 1.82) is 0 Å². The third kappa shape index (κ3) is 4.44. The molecule has 0 amide bonds. The molecular formula is C23H26N6O2S2. The fourth-order valence-corrected chi connectivity index (χ4v) is 5.96. The normalized spacial score (nSPS) is 22.7. The molecule has 1 unspecified atom stereocenters. The molecule has 1 aliphatic carbocycles. The topological polar surface area (TPSA) is 129 Å². The van der Waals surface area contributed by atoms with Crippen LogP contribution in [0.4, 0.5) is 11.8 Å². The Hall–Kier alpha value is -2.63. The van der Waals surface area contributed by atoms with Crippen molar-refractivity contribution >= 4 is 44.7 Å². The Bertz CT molecular complexity index is 1210. The van der Waals surface area contributed by atoms with Crippen LogP contribution in [0.2, 0.25) is 0 Å². The highest BCUT2D eigenvalue weighted by atomic mass is 32.1. The zero-order chi connectivity index (χ0) is 22.9. The van der Waals surface area contributed by atoms with Crippen LogP contribution in [0.1, 0.15) is 17.0 Å². The lowest BCUT2D eigenvalue weighted by atomic mass is 10.1. The Balaban J connectivity index is 1.52. The van der Waals surface area contributed by atoms with E-state index < -0.39 is 12.2 Å². The molecule has 1 saturated carbocycles. The molecule has 5 rings (SSSR count). The van der Waals surface area contributed by atoms with Crippen molar-refractivity contribution in [2.75, 3.05) is 17.2 Å². The Labute approximate surface area is 199 Å². The number of nitrogens with two attached hydrogens (primary N) is 1. The van der Waals surface area contributed by atoms with Crippen LogP contribution in [0, 0.1) is 12.8 Å². The zero-order valence-electron chi connectivity index (χ0n) is 18.1. The maximum atomic E-state index is 10.6. The first-order chi connectivity index (χ1) is 16.0. The molecule has 4 atom stereocenters. The van der Waals surface area contributed by atoms with Crippen LogP contribution < -0.4 is 16.4 Å². The van der Waals surface area contributed by atoms with Gasteiger partial charge in [-0.25, -0.2) is 9.97 Å². The molecule has 0 aliphatic heterocycles. The summed E-state index contributed by atoms with van der Waals surface area (Å²) in [6, 6.07) is 11.7. The van der Waals surface area contributed by atoms with Gasteiger partial charge in [-0.15, -0.1) is 22.7 Å². The first kappa shape index (κ1) is 22.2. The Morgan fingerprint density at radius 2 is 1.94 bits per heavy atom. The fourth-order valence-electron chi connectivity index (χ4n) is 4.25. The number of rotatable bonds is 7. The minimum absolute atomic E-state index is 0.164. The van der Waals surface area contributed by atoms with E-state index in [4.69, 9.17) is 20.7 Å². The second-order valence-electron chi connectivity index (χ2n) is 8.24. The van der Waals surface area contributed by atoms with Gasteiger partial charge < -0.3 is 26.6 Å². The van der Waals surface area contributed by atoms with Gasteiger partial charge in [-0.05, 0) is 43.5 Å². The SMILES string of the molecule is Cc1nc(NCc2cccs2)nc(NC2C[C@H](CN)[C@@H](O)[C@H]2O)c1-c1nc2ccccc2s1. The summed E-state index contributed by atoms with van der Waals surface area (Å²) < 4.78 is 1.08. The van der Waals surface area contributed by atoms with Gasteiger partial charge >= 0.3 is 0 Å². The Morgan fingerprint density at radius 1 is 1.09 bits per heavy atom. The van der Waals surface area contributed by atoms with Gasteiger partial charge in [-0.1, -0.05) is 18.2 Å². The smallest absolute Gasteiger partial charge is 0.225 e. The molecular weight excluding hydrogens is 456 g/mol. The summed E-state index contributed by atoms with van der Waals surface area (Å²) >= 11 is 3.25. The minimum atomic E-state index is -0.931. The summed E-state index contributed by atoms with van der Waals surface area (Å²) in [6.45, 7) is 2.88. The number of aliphatic hydroxyl groups excluding tert-OH is 2. The van der Waals surface area contributed by atoms with Crippen LogP contribution in [0.15, 0.2) is 41.8 Å². The molecule has 4 aromatic rings. The van der Waals surface area contributed by atoms with Crippen molar-refractivity contribution in [3.05, 3.63) is 52.3 Å². The number of para-hydroxylation sites is 1. The van der Waals surface area contributed by atoms with Gasteiger partial charge in [-0.2, -0.15) is 4.98 Å². The number of hydrogen-bond acceptors (Lipinski definition) is 10. The molecule has 0 spiro atoms. The molecule has 0 bridgehead atoms. The Morgan fingerprint density at radius 3 is 2.67 bits per heavy atom. The van der Waals surface area contributed by atoms with E-state index in [-0.39, 0.29) is 12.0 Å². The van der Waals surface area contributed by atoms with Crippen molar-refractivity contribution in [1.82, 2.24) is 15.0 Å². The zero-order valence-corrected chi connectivity index (χ0v) is 19.7. The molecule has 1 aliphatic rings. The van der Waals surface area contributed by atoms with Crippen molar-refractivity contribution in [2.24, 2.45) is 11.7 Å². The van der Waals surface area contributed by atoms with E-state index >= 15 is 0 Å². The van der Waals surface area contributed by atoms with E-state index in [0.717, 1.165) is 26.5 Å². The average molecular weight is 483 g/mol. The van der Waals surface area contributed by atoms with Gasteiger partial charge in [0.25, 0.3) is 0 Å². The van der Waals surface area contributed by atoms with E-state index in [1.54, 1.807) is 22.7 Å². The number of fused-ring (bicyclic) bond motifs is 1. The second kappa shape index (κ2) is 9.32. The highest BCUT2D eigenvalue weighted by Crippen LogP contribution is 2.38. The van der Waals surface area contributed by atoms with Crippen molar-refractivity contribution in [3.63, 3.8) is 0 Å². The number of thiazole rings is 1. The average Bonchev–Trinajstić information content (AvgIpc) is 3.53. The molecule has 0 radical (unpaired) electrons. The van der Waals surface area contributed by atoms with Gasteiger partial charge in [0.2, 0.25) is 5.95 Å². The van der Waals surface area contributed by atoms with Crippen LogP contribution >= 0.6 is 22.7 Å². The first-order valence-electron chi connectivity index (χ1n) is 10.9. The quantitative estimate of drug-likeness (QED) is 0.272. The number of anilines is 2. The van der Waals surface area contributed by atoms with Gasteiger partial charge in [0.05, 0.1) is 40.2 Å². The largest absolute Gasteiger partial charge is 0.390 e. The van der Waals surface area contributed by atoms with Gasteiger partial charge in [0, 0.05) is 10.8 Å². The highest BCUT2D eigenvalue weighted by Gasteiger charge is 2.41. The number of nitrogens with zero attached hydrogens (tertiary/aromatic N) is 3. The molecule has 172 valence electrons. The van der Waals surface area contributed by atoms with Gasteiger partial charge in [-0.3, -0.25) is 0 Å². The lowest BCUT2D eigenvalue weighted by Gasteiger charge is -2.21. The number of thiophene rings is 1. The maximum absolute atomic E-state index is 10.6. The molecule has 6 N–H and O–H groups in total. The van der Waals surface area contributed by atoms with E-state index in [0.29, 0.717) is 31.3 Å². The minimum Gasteiger partial charge on any atom is -0.390 e. The van der Waals surface area contributed by atoms with Crippen LogP contribution in [0.25, 0.3) is 20.8 Å². The summed E-state index contributed by atoms with van der Waals surface area (Å²) in [5, 5.41) is 30.5. The molecule has 1 fully saturated rings. The predicted octanol–water partition coefficient (Wildman–Crippen LogP) is 3.22. The van der Waals surface area contributed by atoms with E-state index in [2.05, 4.69) is 16.7 Å². The first-order valence-corrected chi connectivity index (χ1v) is 12.6. The molecule has 33 heavy (non-hydrogen) atoms. The number of aryl methyl sites for hydroxylation is 1. The summed E-state index contributed by atoms with van der Waals surface area (Å²) in [5.74, 6) is 0.920. The van der Waals surface area contributed by atoms with Crippen LogP contribution in [-0.4, -0.2) is 50.0 Å². The standard InChI is InChI=1S/C23H26N6O2S2/c1-12-18(22-28-15-6-2-3-7-17(15)33-22)21(27-16-9-13(10-24)19(30)20(16)31)29-23(26-12)25-11-14-5-4-8-32-14/h2-8,13,16,19-20,30-31H,9-11,24H2,1H3,(H2,25,26,27,29)/t13-,16?,19-,20+/m1/s1. The Kier molecular flexibility index (Phi) is 6.26. The van der Waals surface area contributed by atoms with E-state index in [9.17, 15) is 10.2 Å². The van der Waals surface area contributed by atoms with Crippen LogP contribution in [0.3, 0.4) is 0 Å². The lowest BCUT2D eigenvalue weighted by Crippen LogP contribution is -2.36. The summed E-state index contributed by atoms with van der Waals surface area (Å²) in [7, 11) is 0. The third-order valence-electron chi connectivity index (χ3n) is 6.03. The van der Waals surface area contributed by atoms with E-state index in [1.807, 2.05) is 42.6 Å². The monoisotopic (exact) mass is 482 g/mol. The van der Waals surface area contributed by atoms with Gasteiger partial charge in [0.1, 0.15) is 16.9 Å². The number of nitrogens with one attached hydrogen (secondary N) is 2. The molecule has 3 aromatic heterocycles. The second-order valence-corrected chi connectivity index (χ2v) is 10.3. The number of hydrogen-bond donors (Lipinski definition) is 5. The van der Waals surface area contributed by atoms with Gasteiger partial charge in [0.15, 0.2) is 0 Å². The van der Waals surface area contributed by atoms with Crippen molar-refractivity contribution in [3.8, 4) is 10.6 Å². The van der Waals surface area contributed by atoms with Crippen LogP contribution in [-0.2, 0) is 6.54 Å². The number of benzene rings is 1. The summed E-state index contributed by atoms with van der Waals surface area (Å²) in [4.78, 5) is 15.5. The maximum Gasteiger partial charge on any atom is 0.225 e. The molecule has 1 aromatic carbocycles. The number of aliphatic hydroxyl groups is 2.